The highest BCUT2D eigenvalue weighted by Crippen LogP contribution is 2.28. The molecule has 0 aliphatic rings. The van der Waals surface area contributed by atoms with Gasteiger partial charge in [-0.2, -0.15) is 5.10 Å². The summed E-state index contributed by atoms with van der Waals surface area (Å²) in [6, 6.07) is 17.9. The van der Waals surface area contributed by atoms with Crippen LogP contribution < -0.4 is 20.3 Å². The van der Waals surface area contributed by atoms with Crippen molar-refractivity contribution in [3.63, 3.8) is 0 Å². The molecule has 0 bridgehead atoms. The van der Waals surface area contributed by atoms with E-state index in [9.17, 15) is 18.0 Å². The third-order valence-electron chi connectivity index (χ3n) is 5.26. The van der Waals surface area contributed by atoms with Crippen LogP contribution in [0.2, 0.25) is 0 Å². The molecule has 0 spiro atoms. The number of rotatable bonds is 6. The number of ether oxygens (including phenoxy) is 1. The Labute approximate surface area is 196 Å². The summed E-state index contributed by atoms with van der Waals surface area (Å²) in [6.45, 7) is 1.66. The van der Waals surface area contributed by atoms with E-state index in [1.54, 1.807) is 67.6 Å². The first-order valence-electron chi connectivity index (χ1n) is 10.2. The van der Waals surface area contributed by atoms with Crippen molar-refractivity contribution < 1.29 is 17.9 Å². The minimum atomic E-state index is -3.99. The van der Waals surface area contributed by atoms with Crippen LogP contribution in [0.15, 0.2) is 76.4 Å². The second kappa shape index (κ2) is 8.99. The van der Waals surface area contributed by atoms with Gasteiger partial charge in [0, 0.05) is 18.1 Å². The van der Waals surface area contributed by atoms with Crippen LogP contribution in [0.3, 0.4) is 0 Å². The average Bonchev–Trinajstić information content (AvgIpc) is 2.82. The molecule has 0 atom stereocenters. The van der Waals surface area contributed by atoms with Gasteiger partial charge in [-0.05, 0) is 42.8 Å². The summed E-state index contributed by atoms with van der Waals surface area (Å²) in [5.41, 5.74) is 0.773. The Kier molecular flexibility index (Phi) is 6.08. The van der Waals surface area contributed by atoms with Gasteiger partial charge in [0.1, 0.15) is 5.75 Å². The highest BCUT2D eigenvalue weighted by molar-refractivity contribution is 7.92. The SMILES string of the molecule is COc1ccccc1NS(=O)(=O)c1cc(NC(=O)c2nn(C)c(=O)c3ccccc23)ccc1C. The van der Waals surface area contributed by atoms with Crippen LogP contribution in [0.25, 0.3) is 10.8 Å². The lowest BCUT2D eigenvalue weighted by Gasteiger charge is -2.14. The van der Waals surface area contributed by atoms with E-state index in [4.69, 9.17) is 4.74 Å². The summed E-state index contributed by atoms with van der Waals surface area (Å²) in [5.74, 6) is -0.197. The van der Waals surface area contributed by atoms with E-state index < -0.39 is 15.9 Å². The Morgan fingerprint density at radius 3 is 2.41 bits per heavy atom. The normalized spacial score (nSPS) is 11.3. The van der Waals surface area contributed by atoms with E-state index >= 15 is 0 Å². The fourth-order valence-corrected chi connectivity index (χ4v) is 4.90. The molecule has 0 saturated carbocycles. The molecular weight excluding hydrogens is 456 g/mol. The zero-order valence-corrected chi connectivity index (χ0v) is 19.5. The minimum absolute atomic E-state index is 0.00511. The smallest absolute Gasteiger partial charge is 0.276 e. The summed E-state index contributed by atoms with van der Waals surface area (Å²) in [5, 5.41) is 7.56. The molecule has 1 amide bonds. The monoisotopic (exact) mass is 478 g/mol. The van der Waals surface area contributed by atoms with Gasteiger partial charge >= 0.3 is 0 Å². The molecule has 0 radical (unpaired) electrons. The van der Waals surface area contributed by atoms with Crippen LogP contribution in [-0.4, -0.2) is 31.2 Å². The number of aromatic nitrogens is 2. The number of benzene rings is 3. The van der Waals surface area contributed by atoms with Crippen molar-refractivity contribution in [2.45, 2.75) is 11.8 Å². The van der Waals surface area contributed by atoms with Gasteiger partial charge in [0.25, 0.3) is 21.5 Å². The maximum absolute atomic E-state index is 13.1. The first-order chi connectivity index (χ1) is 16.2. The fourth-order valence-electron chi connectivity index (χ4n) is 3.55. The number of amides is 1. The number of carbonyl (C=O) groups excluding carboxylic acids is 1. The van der Waals surface area contributed by atoms with Crippen LogP contribution in [0.1, 0.15) is 16.1 Å². The number of hydrogen-bond donors (Lipinski definition) is 2. The third-order valence-corrected chi connectivity index (χ3v) is 6.77. The summed E-state index contributed by atoms with van der Waals surface area (Å²) in [7, 11) is -1.07. The largest absolute Gasteiger partial charge is 0.495 e. The van der Waals surface area contributed by atoms with E-state index in [1.165, 1.54) is 20.2 Å². The Balaban J connectivity index is 1.68. The first-order valence-corrected chi connectivity index (χ1v) is 11.7. The molecule has 2 N–H and O–H groups in total. The van der Waals surface area contributed by atoms with Crippen LogP contribution in [0, 0.1) is 6.92 Å². The van der Waals surface area contributed by atoms with Gasteiger partial charge in [0.2, 0.25) is 0 Å². The van der Waals surface area contributed by atoms with E-state index in [2.05, 4.69) is 15.1 Å². The molecule has 3 aromatic carbocycles. The number of hydrogen-bond acceptors (Lipinski definition) is 6. The molecule has 10 heteroatoms. The van der Waals surface area contributed by atoms with Crippen molar-refractivity contribution in [2.24, 2.45) is 7.05 Å². The second-order valence-electron chi connectivity index (χ2n) is 7.56. The number of nitrogens with zero attached hydrogens (tertiary/aromatic N) is 2. The van der Waals surface area contributed by atoms with Gasteiger partial charge in [0.05, 0.1) is 23.1 Å². The molecular formula is C24H22N4O5S. The van der Waals surface area contributed by atoms with Gasteiger partial charge < -0.3 is 10.1 Å². The lowest BCUT2D eigenvalue weighted by molar-refractivity contribution is 0.102. The van der Waals surface area contributed by atoms with Gasteiger partial charge in [-0.15, -0.1) is 0 Å². The maximum atomic E-state index is 13.1. The predicted molar refractivity (Wildman–Crippen MR) is 130 cm³/mol. The highest BCUT2D eigenvalue weighted by atomic mass is 32.2. The summed E-state index contributed by atoms with van der Waals surface area (Å²) >= 11 is 0. The number of carbonyl (C=O) groups is 1. The molecule has 34 heavy (non-hydrogen) atoms. The number of nitrogens with one attached hydrogen (secondary N) is 2. The lowest BCUT2D eigenvalue weighted by Crippen LogP contribution is -2.25. The molecule has 1 aromatic heterocycles. The first kappa shape index (κ1) is 23.0. The van der Waals surface area contributed by atoms with Gasteiger partial charge in [0.15, 0.2) is 5.69 Å². The third kappa shape index (κ3) is 4.35. The summed E-state index contributed by atoms with van der Waals surface area (Å²) in [4.78, 5) is 25.4. The van der Waals surface area contributed by atoms with Crippen molar-refractivity contribution in [3.05, 3.63) is 88.3 Å². The van der Waals surface area contributed by atoms with Crippen LogP contribution in [-0.2, 0) is 17.1 Å². The van der Waals surface area contributed by atoms with E-state index in [0.29, 0.717) is 27.8 Å². The van der Waals surface area contributed by atoms with Crippen LogP contribution in [0.4, 0.5) is 11.4 Å². The quantitative estimate of drug-likeness (QED) is 0.439. The zero-order valence-electron chi connectivity index (χ0n) is 18.7. The fraction of sp³-hybridized carbons (Fsp3) is 0.125. The molecule has 4 aromatic rings. The highest BCUT2D eigenvalue weighted by Gasteiger charge is 2.21. The van der Waals surface area contributed by atoms with Gasteiger partial charge in [-0.25, -0.2) is 13.1 Å². The number of anilines is 2. The topological polar surface area (TPSA) is 119 Å². The van der Waals surface area contributed by atoms with Crippen molar-refractivity contribution in [3.8, 4) is 5.75 Å². The predicted octanol–water partition coefficient (Wildman–Crippen LogP) is 3.30. The number of fused-ring (bicyclic) bond motifs is 1. The van der Waals surface area contributed by atoms with E-state index in [-0.39, 0.29) is 21.8 Å². The van der Waals surface area contributed by atoms with E-state index in [1.807, 2.05) is 0 Å². The Morgan fingerprint density at radius 1 is 1.00 bits per heavy atom. The Bertz CT molecular complexity index is 1580. The maximum Gasteiger partial charge on any atom is 0.276 e. The summed E-state index contributed by atoms with van der Waals surface area (Å²) in [6.07, 6.45) is 0. The van der Waals surface area contributed by atoms with Crippen molar-refractivity contribution in [1.82, 2.24) is 9.78 Å². The summed E-state index contributed by atoms with van der Waals surface area (Å²) < 4.78 is 35.1. The average molecular weight is 479 g/mol. The second-order valence-corrected chi connectivity index (χ2v) is 9.21. The molecule has 0 aliphatic heterocycles. The minimum Gasteiger partial charge on any atom is -0.495 e. The number of sulfonamides is 1. The van der Waals surface area contributed by atoms with Gasteiger partial charge in [-0.1, -0.05) is 36.4 Å². The molecule has 0 saturated heterocycles. The molecule has 0 unspecified atom stereocenters. The molecule has 174 valence electrons. The Morgan fingerprint density at radius 2 is 1.68 bits per heavy atom. The Hall–Kier alpha value is -4.18. The number of aryl methyl sites for hydroxylation is 2. The van der Waals surface area contributed by atoms with Crippen molar-refractivity contribution in [2.75, 3.05) is 17.1 Å². The molecule has 1 heterocycles. The number of methoxy groups -OCH3 is 1. The molecule has 0 aliphatic carbocycles. The van der Waals surface area contributed by atoms with Crippen LogP contribution >= 0.6 is 0 Å². The van der Waals surface area contributed by atoms with Gasteiger partial charge in [-0.3, -0.25) is 14.3 Å². The van der Waals surface area contributed by atoms with E-state index in [0.717, 1.165) is 4.68 Å². The zero-order chi connectivity index (χ0) is 24.5. The molecule has 4 rings (SSSR count). The lowest BCUT2D eigenvalue weighted by atomic mass is 10.1. The standard InChI is InChI=1S/C24H22N4O5S/c1-15-12-13-16(14-21(15)34(31,32)27-19-10-6-7-11-20(19)33-3)25-23(29)22-17-8-4-5-9-18(17)24(30)28(2)26-22/h4-14,27H,1-3H3,(H,25,29). The van der Waals surface area contributed by atoms with Crippen molar-refractivity contribution >= 4 is 38.1 Å². The van der Waals surface area contributed by atoms with Crippen molar-refractivity contribution in [1.29, 1.82) is 0 Å². The molecule has 9 nitrogen and oxygen atoms in total. The van der Waals surface area contributed by atoms with Crippen LogP contribution in [0.5, 0.6) is 5.75 Å². The molecule has 0 fully saturated rings. The number of para-hydroxylation sites is 2.